The topological polar surface area (TPSA) is 29.1 Å². The lowest BCUT2D eigenvalue weighted by Crippen LogP contribution is -2.21. The monoisotopic (exact) mass is 337 g/mol. The third kappa shape index (κ3) is 4.70. The molecule has 0 heterocycles. The van der Waals surface area contributed by atoms with Crippen molar-refractivity contribution in [3.05, 3.63) is 53.6 Å². The molecule has 1 atom stereocenters. The molecule has 2 aromatic rings. The van der Waals surface area contributed by atoms with E-state index in [-0.39, 0.29) is 11.2 Å². The maximum Gasteiger partial charge on any atom is 0.237 e. The van der Waals surface area contributed by atoms with Crippen LogP contribution in [-0.4, -0.2) is 17.4 Å². The summed E-state index contributed by atoms with van der Waals surface area (Å²) >= 11 is 9.28. The first kappa shape index (κ1) is 16.3. The zero-order valence-corrected chi connectivity index (χ0v) is 14.2. The molecule has 2 nitrogen and oxygen atoms in total. The molecule has 0 spiro atoms. The molecule has 2 aromatic carbocycles. The minimum Gasteiger partial charge on any atom is -0.325 e. The molecule has 0 aromatic heterocycles. The van der Waals surface area contributed by atoms with Gasteiger partial charge in [-0.05, 0) is 49.6 Å². The maximum absolute atomic E-state index is 11.8. The lowest BCUT2D eigenvalue weighted by molar-refractivity contribution is -0.115. The summed E-state index contributed by atoms with van der Waals surface area (Å²) in [6.45, 7) is 1.89. The number of rotatable bonds is 5. The van der Waals surface area contributed by atoms with E-state index in [0.29, 0.717) is 0 Å². The molecule has 5 heteroatoms. The summed E-state index contributed by atoms with van der Waals surface area (Å²) in [5.41, 5.74) is 0.810. The molecule has 0 saturated heterocycles. The summed E-state index contributed by atoms with van der Waals surface area (Å²) in [4.78, 5) is 13.9. The van der Waals surface area contributed by atoms with Gasteiger partial charge in [-0.3, -0.25) is 4.79 Å². The molecule has 0 saturated carbocycles. The number of carbonyl (C=O) groups is 1. The molecule has 0 unspecified atom stereocenters. The second kappa shape index (κ2) is 7.78. The van der Waals surface area contributed by atoms with Crippen molar-refractivity contribution in [2.75, 3.05) is 11.6 Å². The van der Waals surface area contributed by atoms with Crippen molar-refractivity contribution in [1.29, 1.82) is 0 Å². The van der Waals surface area contributed by atoms with Gasteiger partial charge in [0.05, 0.1) is 10.3 Å². The molecule has 0 aliphatic carbocycles. The minimum absolute atomic E-state index is 0.0222. The third-order valence-corrected chi connectivity index (χ3v) is 5.36. The number of hydrogen-bond acceptors (Lipinski definition) is 3. The van der Waals surface area contributed by atoms with Gasteiger partial charge in [0.15, 0.2) is 0 Å². The molecule has 110 valence electrons. The number of benzene rings is 2. The Bertz CT molecular complexity index is 616. The summed E-state index contributed by atoms with van der Waals surface area (Å²) < 4.78 is 0. The normalized spacial score (nSPS) is 12.0. The highest BCUT2D eigenvalue weighted by Crippen LogP contribution is 2.33. The molecule has 0 radical (unpaired) electrons. The van der Waals surface area contributed by atoms with Gasteiger partial charge in [0.2, 0.25) is 5.91 Å². The Morgan fingerprint density at radius 2 is 1.81 bits per heavy atom. The number of anilines is 1. The van der Waals surface area contributed by atoms with Gasteiger partial charge in [0.1, 0.15) is 0 Å². The Labute approximate surface area is 138 Å². The lowest BCUT2D eigenvalue weighted by Gasteiger charge is -2.10. The molecule has 1 amide bonds. The molecule has 21 heavy (non-hydrogen) atoms. The van der Waals surface area contributed by atoms with Crippen LogP contribution in [-0.2, 0) is 4.79 Å². The molecule has 2 rings (SSSR count). The van der Waals surface area contributed by atoms with Crippen LogP contribution in [0, 0.1) is 0 Å². The molecule has 0 bridgehead atoms. The van der Waals surface area contributed by atoms with Gasteiger partial charge < -0.3 is 5.32 Å². The van der Waals surface area contributed by atoms with Crippen molar-refractivity contribution in [2.45, 2.75) is 22.0 Å². The SMILES string of the molecule is CS[C@@H](C)C(=O)Nc1ccc(Sc2ccccc2Cl)cc1. The molecule has 0 aliphatic heterocycles. The van der Waals surface area contributed by atoms with E-state index in [0.717, 1.165) is 20.5 Å². The van der Waals surface area contributed by atoms with Gasteiger partial charge in [-0.2, -0.15) is 11.8 Å². The minimum atomic E-state index is -0.0535. The van der Waals surface area contributed by atoms with Crippen molar-refractivity contribution in [2.24, 2.45) is 0 Å². The average molecular weight is 338 g/mol. The van der Waals surface area contributed by atoms with E-state index < -0.39 is 0 Å². The second-order valence-electron chi connectivity index (χ2n) is 4.42. The Morgan fingerprint density at radius 3 is 2.43 bits per heavy atom. The Hall–Kier alpha value is -1.10. The van der Waals surface area contributed by atoms with E-state index in [1.165, 1.54) is 11.8 Å². The lowest BCUT2D eigenvalue weighted by atomic mass is 10.3. The van der Waals surface area contributed by atoms with Crippen LogP contribution in [0.4, 0.5) is 5.69 Å². The van der Waals surface area contributed by atoms with Crippen LogP contribution in [0.2, 0.25) is 5.02 Å². The van der Waals surface area contributed by atoms with E-state index in [9.17, 15) is 4.79 Å². The van der Waals surface area contributed by atoms with E-state index in [1.807, 2.05) is 61.7 Å². The fraction of sp³-hybridized carbons (Fsp3) is 0.188. The highest BCUT2D eigenvalue weighted by molar-refractivity contribution is 8.00. The van der Waals surface area contributed by atoms with Gasteiger partial charge in [0, 0.05) is 15.5 Å². The van der Waals surface area contributed by atoms with Crippen LogP contribution in [0.25, 0.3) is 0 Å². The first-order valence-corrected chi connectivity index (χ1v) is 8.94. The zero-order chi connectivity index (χ0) is 15.2. The zero-order valence-electron chi connectivity index (χ0n) is 11.8. The van der Waals surface area contributed by atoms with Crippen LogP contribution in [0.1, 0.15) is 6.92 Å². The first-order chi connectivity index (χ1) is 10.1. The molecule has 0 aliphatic rings. The van der Waals surface area contributed by atoms with Gasteiger partial charge in [-0.25, -0.2) is 0 Å². The summed E-state index contributed by atoms with van der Waals surface area (Å²) in [6, 6.07) is 15.5. The number of hydrogen-bond donors (Lipinski definition) is 1. The summed E-state index contributed by atoms with van der Waals surface area (Å²) in [6.07, 6.45) is 1.92. The van der Waals surface area contributed by atoms with Gasteiger partial charge in [0.25, 0.3) is 0 Å². The van der Waals surface area contributed by atoms with Crippen molar-refractivity contribution < 1.29 is 4.79 Å². The second-order valence-corrected chi connectivity index (χ2v) is 7.13. The number of carbonyl (C=O) groups excluding carboxylic acids is 1. The van der Waals surface area contributed by atoms with Crippen molar-refractivity contribution in [1.82, 2.24) is 0 Å². The Kier molecular flexibility index (Phi) is 6.03. The van der Waals surface area contributed by atoms with Crippen LogP contribution < -0.4 is 5.32 Å². The molecular weight excluding hydrogens is 322 g/mol. The van der Waals surface area contributed by atoms with Gasteiger partial charge in [-0.15, -0.1) is 0 Å². The van der Waals surface area contributed by atoms with Crippen molar-refractivity contribution >= 4 is 46.7 Å². The van der Waals surface area contributed by atoms with Crippen LogP contribution in [0.15, 0.2) is 58.3 Å². The third-order valence-electron chi connectivity index (χ3n) is 2.91. The van der Waals surface area contributed by atoms with Crippen LogP contribution in [0.3, 0.4) is 0 Å². The van der Waals surface area contributed by atoms with Gasteiger partial charge >= 0.3 is 0 Å². The Morgan fingerprint density at radius 1 is 1.14 bits per heavy atom. The number of nitrogens with one attached hydrogen (secondary N) is 1. The summed E-state index contributed by atoms with van der Waals surface area (Å²) in [5.74, 6) is 0.0222. The standard InChI is InChI=1S/C16H16ClNOS2/c1-11(20-2)16(19)18-12-7-9-13(10-8-12)21-15-6-4-3-5-14(15)17/h3-11H,1-2H3,(H,18,19)/t11-/m0/s1. The van der Waals surface area contributed by atoms with Gasteiger partial charge in [-0.1, -0.05) is 35.5 Å². The van der Waals surface area contributed by atoms with Crippen molar-refractivity contribution in [3.8, 4) is 0 Å². The largest absolute Gasteiger partial charge is 0.325 e. The average Bonchev–Trinajstić information content (AvgIpc) is 2.50. The summed E-state index contributed by atoms with van der Waals surface area (Å²) in [5, 5.41) is 3.59. The number of halogens is 1. The maximum atomic E-state index is 11.8. The first-order valence-electron chi connectivity index (χ1n) is 6.46. The number of amides is 1. The summed E-state index contributed by atoms with van der Waals surface area (Å²) in [7, 11) is 0. The van der Waals surface area contributed by atoms with E-state index in [1.54, 1.807) is 11.8 Å². The number of thioether (sulfide) groups is 1. The van der Waals surface area contributed by atoms with E-state index in [2.05, 4.69) is 5.32 Å². The fourth-order valence-corrected chi connectivity index (χ4v) is 2.97. The Balaban J connectivity index is 2.02. The highest BCUT2D eigenvalue weighted by atomic mass is 35.5. The molecule has 1 N–H and O–H groups in total. The smallest absolute Gasteiger partial charge is 0.237 e. The van der Waals surface area contributed by atoms with E-state index >= 15 is 0 Å². The fourth-order valence-electron chi connectivity index (χ4n) is 1.61. The molecule has 0 fully saturated rings. The quantitative estimate of drug-likeness (QED) is 0.814. The van der Waals surface area contributed by atoms with E-state index in [4.69, 9.17) is 11.6 Å². The predicted molar refractivity (Wildman–Crippen MR) is 93.6 cm³/mol. The predicted octanol–water partition coefficient (Wildman–Crippen LogP) is 5.18. The van der Waals surface area contributed by atoms with Crippen LogP contribution >= 0.6 is 35.1 Å². The van der Waals surface area contributed by atoms with Crippen LogP contribution in [0.5, 0.6) is 0 Å². The highest BCUT2D eigenvalue weighted by Gasteiger charge is 2.11. The molecular formula is C16H16ClNOS2. The van der Waals surface area contributed by atoms with Crippen molar-refractivity contribution in [3.63, 3.8) is 0 Å².